The molecule has 0 spiro atoms. The van der Waals surface area contributed by atoms with E-state index < -0.39 is 0 Å². The summed E-state index contributed by atoms with van der Waals surface area (Å²) in [7, 11) is 4.54. The van der Waals surface area contributed by atoms with E-state index >= 15 is 0 Å². The predicted molar refractivity (Wildman–Crippen MR) is 131 cm³/mol. The van der Waals surface area contributed by atoms with Crippen LogP contribution in [-0.4, -0.2) is 51.0 Å². The van der Waals surface area contributed by atoms with Crippen molar-refractivity contribution in [2.45, 2.75) is 76.5 Å². The maximum atomic E-state index is 5.07. The molecule has 2 atom stereocenters. The topological polar surface area (TPSA) is 37.2 Å². The van der Waals surface area contributed by atoms with E-state index in [0.29, 0.717) is 6.04 Å². The zero-order chi connectivity index (χ0) is 21.9. The van der Waals surface area contributed by atoms with E-state index in [1.165, 1.54) is 74.1 Å². The molecule has 0 saturated carbocycles. The first-order valence-electron chi connectivity index (χ1n) is 12.5. The second kappa shape index (κ2) is 9.72. The van der Waals surface area contributed by atoms with Gasteiger partial charge in [-0.2, -0.15) is 0 Å². The number of benzene rings is 1. The van der Waals surface area contributed by atoms with Crippen molar-refractivity contribution in [1.82, 2.24) is 24.3 Å². The number of para-hydroxylation sites is 2. The molecule has 2 aliphatic rings. The highest BCUT2D eigenvalue weighted by atomic mass is 15.2. The summed E-state index contributed by atoms with van der Waals surface area (Å²) in [6.45, 7) is 3.16. The number of nitrogens with zero attached hydrogens (tertiary/aromatic N) is 5. The van der Waals surface area contributed by atoms with E-state index in [1.807, 2.05) is 6.20 Å². The van der Waals surface area contributed by atoms with Crippen LogP contribution in [-0.2, 0) is 19.5 Å². The quantitative estimate of drug-likeness (QED) is 0.515. The van der Waals surface area contributed by atoms with Gasteiger partial charge in [-0.25, -0.2) is 4.98 Å². The van der Waals surface area contributed by atoms with Gasteiger partial charge in [0.15, 0.2) is 0 Å². The number of piperidine rings is 1. The van der Waals surface area contributed by atoms with E-state index in [-0.39, 0.29) is 0 Å². The van der Waals surface area contributed by atoms with Crippen molar-refractivity contribution >= 4 is 11.0 Å². The Kier molecular flexibility index (Phi) is 6.56. The minimum Gasteiger partial charge on any atom is -0.327 e. The van der Waals surface area contributed by atoms with Crippen molar-refractivity contribution in [2.75, 3.05) is 20.6 Å². The minimum absolute atomic E-state index is 0.379. The Morgan fingerprint density at radius 2 is 1.97 bits per heavy atom. The highest BCUT2D eigenvalue weighted by Crippen LogP contribution is 2.33. The summed E-state index contributed by atoms with van der Waals surface area (Å²) in [6, 6.07) is 14.1. The lowest BCUT2D eigenvalue weighted by Crippen LogP contribution is -2.36. The molecule has 1 aliphatic carbocycles. The molecule has 5 nitrogen and oxygen atoms in total. The van der Waals surface area contributed by atoms with Gasteiger partial charge in [-0.3, -0.25) is 9.88 Å². The van der Waals surface area contributed by atoms with Gasteiger partial charge >= 0.3 is 0 Å². The maximum absolute atomic E-state index is 5.07. The Morgan fingerprint density at radius 1 is 1.06 bits per heavy atom. The molecule has 5 rings (SSSR count). The van der Waals surface area contributed by atoms with Crippen molar-refractivity contribution in [3.63, 3.8) is 0 Å². The van der Waals surface area contributed by atoms with Crippen LogP contribution in [0.2, 0.25) is 0 Å². The van der Waals surface area contributed by atoms with Gasteiger partial charge in [-0.15, -0.1) is 0 Å². The molecular weight excluding hydrogens is 394 g/mol. The normalized spacial score (nSPS) is 21.8. The largest absolute Gasteiger partial charge is 0.327 e. The Morgan fingerprint density at radius 3 is 2.88 bits per heavy atom. The minimum atomic E-state index is 0.379. The number of hydrogen-bond donors (Lipinski definition) is 0. The molecule has 2 aromatic heterocycles. The van der Waals surface area contributed by atoms with E-state index in [1.54, 1.807) is 0 Å². The molecule has 0 amide bonds. The van der Waals surface area contributed by atoms with Crippen molar-refractivity contribution in [1.29, 1.82) is 0 Å². The molecule has 2 unspecified atom stereocenters. The molecular formula is C27H37N5. The summed E-state index contributed by atoms with van der Waals surface area (Å²) in [5.41, 5.74) is 5.08. The highest BCUT2D eigenvalue weighted by Gasteiger charge is 2.26. The lowest BCUT2D eigenvalue weighted by atomic mass is 9.91. The molecule has 1 fully saturated rings. The first-order valence-corrected chi connectivity index (χ1v) is 12.5. The van der Waals surface area contributed by atoms with Crippen LogP contribution in [0.3, 0.4) is 0 Å². The Balaban J connectivity index is 1.33. The van der Waals surface area contributed by atoms with Gasteiger partial charge in [-0.1, -0.05) is 24.6 Å². The first-order chi connectivity index (χ1) is 15.7. The lowest BCUT2D eigenvalue weighted by Gasteiger charge is -2.33. The van der Waals surface area contributed by atoms with Crippen LogP contribution < -0.4 is 0 Å². The Bertz CT molecular complexity index is 1040. The molecule has 170 valence electrons. The molecule has 32 heavy (non-hydrogen) atoms. The van der Waals surface area contributed by atoms with Crippen LogP contribution in [0.1, 0.15) is 68.1 Å². The third-order valence-electron chi connectivity index (χ3n) is 7.66. The summed E-state index contributed by atoms with van der Waals surface area (Å²) in [4.78, 5) is 14.9. The molecule has 3 aromatic rings. The molecule has 0 N–H and O–H groups in total. The van der Waals surface area contributed by atoms with Crippen LogP contribution >= 0.6 is 0 Å². The highest BCUT2D eigenvalue weighted by molar-refractivity contribution is 5.75. The zero-order valence-corrected chi connectivity index (χ0v) is 19.7. The summed E-state index contributed by atoms with van der Waals surface area (Å²) in [5, 5.41) is 0. The Labute approximate surface area is 192 Å². The van der Waals surface area contributed by atoms with Crippen LogP contribution in [0.5, 0.6) is 0 Å². The van der Waals surface area contributed by atoms with Crippen LogP contribution in [0.4, 0.5) is 0 Å². The van der Waals surface area contributed by atoms with E-state index in [4.69, 9.17) is 9.97 Å². The third kappa shape index (κ3) is 4.46. The summed E-state index contributed by atoms with van der Waals surface area (Å²) in [6.07, 6.45) is 12.1. The molecule has 3 heterocycles. The number of rotatable bonds is 7. The number of hydrogen-bond acceptors (Lipinski definition) is 4. The maximum Gasteiger partial charge on any atom is 0.124 e. The zero-order valence-electron chi connectivity index (χ0n) is 19.7. The average molecular weight is 432 g/mol. The molecule has 1 saturated heterocycles. The molecule has 5 heteroatoms. The molecule has 0 radical (unpaired) electrons. The van der Waals surface area contributed by atoms with E-state index in [2.05, 4.69) is 64.9 Å². The summed E-state index contributed by atoms with van der Waals surface area (Å²) < 4.78 is 2.48. The van der Waals surface area contributed by atoms with Gasteiger partial charge in [0, 0.05) is 18.8 Å². The average Bonchev–Trinajstić information content (AvgIpc) is 3.17. The summed E-state index contributed by atoms with van der Waals surface area (Å²) >= 11 is 0. The lowest BCUT2D eigenvalue weighted by molar-refractivity contribution is 0.171. The van der Waals surface area contributed by atoms with Gasteiger partial charge in [0.25, 0.3) is 0 Å². The number of aromatic nitrogens is 3. The fourth-order valence-electron chi connectivity index (χ4n) is 5.84. The van der Waals surface area contributed by atoms with Crippen LogP contribution in [0.15, 0.2) is 42.6 Å². The number of imidazole rings is 1. The molecule has 1 aliphatic heterocycles. The van der Waals surface area contributed by atoms with Crippen molar-refractivity contribution < 1.29 is 0 Å². The molecule has 1 aromatic carbocycles. The number of fused-ring (bicyclic) bond motifs is 2. The van der Waals surface area contributed by atoms with Crippen LogP contribution in [0.25, 0.3) is 11.0 Å². The standard InChI is InChI=1S/C27H37N5/c1-30-18-6-5-12-22(30)13-9-19-32-24-15-4-3-14-23(24)29-26(32)20-31(2)25-16-7-10-21-11-8-17-28-27(21)25/h3-4,8,11,14-15,17,22,25H,5-7,9-10,12-13,16,18-20H2,1-2H3. The van der Waals surface area contributed by atoms with E-state index in [0.717, 1.165) is 31.1 Å². The van der Waals surface area contributed by atoms with Gasteiger partial charge in [-0.05, 0) is 89.3 Å². The second-order valence-electron chi connectivity index (χ2n) is 9.81. The van der Waals surface area contributed by atoms with Gasteiger partial charge in [0.05, 0.1) is 29.3 Å². The predicted octanol–water partition coefficient (Wildman–Crippen LogP) is 5.21. The second-order valence-corrected chi connectivity index (χ2v) is 9.81. The number of pyridine rings is 1. The van der Waals surface area contributed by atoms with Gasteiger partial charge in [0.1, 0.15) is 5.82 Å². The van der Waals surface area contributed by atoms with E-state index in [9.17, 15) is 0 Å². The van der Waals surface area contributed by atoms with Crippen molar-refractivity contribution in [3.05, 3.63) is 59.7 Å². The SMILES string of the molecule is CN1CCCCC1CCCn1c(CN(C)C2CCCc3cccnc32)nc2ccccc21. The van der Waals surface area contributed by atoms with Crippen LogP contribution in [0, 0.1) is 0 Å². The van der Waals surface area contributed by atoms with Gasteiger partial charge in [0.2, 0.25) is 0 Å². The monoisotopic (exact) mass is 431 g/mol. The first kappa shape index (κ1) is 21.6. The smallest absolute Gasteiger partial charge is 0.124 e. The fourth-order valence-corrected chi connectivity index (χ4v) is 5.84. The summed E-state index contributed by atoms with van der Waals surface area (Å²) in [5.74, 6) is 1.19. The third-order valence-corrected chi connectivity index (χ3v) is 7.66. The number of aryl methyl sites for hydroxylation is 2. The van der Waals surface area contributed by atoms with Crippen molar-refractivity contribution in [2.24, 2.45) is 0 Å². The Hall–Kier alpha value is -2.24. The number of likely N-dealkylation sites (tertiary alicyclic amines) is 1. The fraction of sp³-hybridized carbons (Fsp3) is 0.556. The van der Waals surface area contributed by atoms with Gasteiger partial charge < -0.3 is 9.47 Å². The van der Waals surface area contributed by atoms with Crippen molar-refractivity contribution in [3.8, 4) is 0 Å². The molecule has 0 bridgehead atoms.